The van der Waals surface area contributed by atoms with Crippen LogP contribution in [-0.4, -0.2) is 30.1 Å². The van der Waals surface area contributed by atoms with Gasteiger partial charge in [0.05, 0.1) is 19.4 Å². The first-order valence-electron chi connectivity index (χ1n) is 3.88. The van der Waals surface area contributed by atoms with Crippen LogP contribution in [0.4, 0.5) is 0 Å². The Morgan fingerprint density at radius 3 is 2.33 bits per heavy atom. The Kier molecular flexibility index (Phi) is 5.43. The smallest absolute Gasteiger partial charge is 0.0976 e. The van der Waals surface area contributed by atoms with E-state index in [1.54, 1.807) is 0 Å². The molecular weight excluding hydrogens is 142 g/mol. The Morgan fingerprint density at radius 2 is 2.00 bits per heavy atom. The van der Waals surface area contributed by atoms with Crippen molar-refractivity contribution in [2.24, 2.45) is 0 Å². The van der Waals surface area contributed by atoms with Gasteiger partial charge in [-0.1, -0.05) is 26.4 Å². The summed E-state index contributed by atoms with van der Waals surface area (Å²) in [4.78, 5) is 0. The maximum Gasteiger partial charge on any atom is 0.0976 e. The summed E-state index contributed by atoms with van der Waals surface area (Å²) in [7, 11) is 0.882. The van der Waals surface area contributed by atoms with Gasteiger partial charge < -0.3 is 4.23 Å². The summed E-state index contributed by atoms with van der Waals surface area (Å²) in [6.07, 6.45) is 2.74. The van der Waals surface area contributed by atoms with Crippen LogP contribution in [0.1, 0.15) is 19.8 Å². The largest absolute Gasteiger partial charge is 0.356 e. The molecule has 1 nitrogen and oxygen atoms in total. The summed E-state index contributed by atoms with van der Waals surface area (Å²) >= 11 is 0. The molecule has 0 saturated carbocycles. The first-order chi connectivity index (χ1) is 4.18. The minimum absolute atomic E-state index is 0.401. The molecule has 0 fully saturated rings. The van der Waals surface area contributed by atoms with E-state index in [1.165, 1.54) is 29.8 Å². The SMILES string of the molecule is CCCCN([SiH3])[SiH](C)C. The molecule has 0 bridgehead atoms. The quantitative estimate of drug-likeness (QED) is 0.538. The van der Waals surface area contributed by atoms with Crippen molar-refractivity contribution in [2.75, 3.05) is 6.54 Å². The molecule has 0 radical (unpaired) electrons. The summed E-state index contributed by atoms with van der Waals surface area (Å²) < 4.78 is 2.66. The second-order valence-electron chi connectivity index (χ2n) is 2.93. The van der Waals surface area contributed by atoms with Crippen molar-refractivity contribution in [1.82, 2.24) is 4.23 Å². The molecule has 0 aliphatic carbocycles. The number of hydrogen-bond donors (Lipinski definition) is 0. The summed E-state index contributed by atoms with van der Waals surface area (Å²) in [6, 6.07) is 0. The molecule has 0 aromatic rings. The second-order valence-corrected chi connectivity index (χ2v) is 8.18. The molecular formula is C6H19NSi2. The minimum atomic E-state index is -0.401. The van der Waals surface area contributed by atoms with Crippen LogP contribution in [0.5, 0.6) is 0 Å². The lowest BCUT2D eigenvalue weighted by Gasteiger charge is -2.19. The van der Waals surface area contributed by atoms with Gasteiger partial charge in [0.2, 0.25) is 0 Å². The molecule has 3 heteroatoms. The van der Waals surface area contributed by atoms with Crippen LogP contribution in [0.25, 0.3) is 0 Å². The van der Waals surface area contributed by atoms with Crippen LogP contribution >= 0.6 is 0 Å². The highest BCUT2D eigenvalue weighted by molar-refractivity contribution is 6.58. The Hall–Kier alpha value is 0.394. The van der Waals surface area contributed by atoms with Crippen molar-refractivity contribution in [3.05, 3.63) is 0 Å². The normalized spacial score (nSPS) is 11.7. The Morgan fingerprint density at radius 1 is 1.44 bits per heavy atom. The average Bonchev–Trinajstić information content (AvgIpc) is 1.82. The third-order valence-corrected chi connectivity index (χ3v) is 7.31. The van der Waals surface area contributed by atoms with Gasteiger partial charge in [-0.2, -0.15) is 0 Å². The van der Waals surface area contributed by atoms with Crippen molar-refractivity contribution < 1.29 is 0 Å². The van der Waals surface area contributed by atoms with Gasteiger partial charge in [0.15, 0.2) is 0 Å². The van der Waals surface area contributed by atoms with Crippen LogP contribution in [-0.2, 0) is 0 Å². The summed E-state index contributed by atoms with van der Waals surface area (Å²) in [5, 5.41) is 0. The van der Waals surface area contributed by atoms with Crippen molar-refractivity contribution in [2.45, 2.75) is 32.9 Å². The molecule has 0 saturated heterocycles. The summed E-state index contributed by atoms with van der Waals surface area (Å²) in [5.74, 6) is 0. The number of nitrogens with zero attached hydrogens (tertiary/aromatic N) is 1. The van der Waals surface area contributed by atoms with Gasteiger partial charge >= 0.3 is 0 Å². The fourth-order valence-corrected chi connectivity index (χ4v) is 1.68. The molecule has 0 aliphatic heterocycles. The minimum Gasteiger partial charge on any atom is -0.356 e. The van der Waals surface area contributed by atoms with E-state index in [1.807, 2.05) is 0 Å². The summed E-state index contributed by atoms with van der Waals surface area (Å²) in [5.41, 5.74) is 0. The lowest BCUT2D eigenvalue weighted by Crippen LogP contribution is -2.32. The fraction of sp³-hybridized carbons (Fsp3) is 1.00. The van der Waals surface area contributed by atoms with E-state index < -0.39 is 8.96 Å². The van der Waals surface area contributed by atoms with Crippen molar-refractivity contribution in [3.8, 4) is 0 Å². The lowest BCUT2D eigenvalue weighted by molar-refractivity contribution is 0.617. The molecule has 56 valence electrons. The Labute approximate surface area is 63.6 Å². The maximum atomic E-state index is 2.66. The van der Waals surface area contributed by atoms with Crippen LogP contribution in [0.15, 0.2) is 0 Å². The molecule has 0 atom stereocenters. The molecule has 0 rings (SSSR count). The zero-order valence-corrected chi connectivity index (χ0v) is 10.3. The van der Waals surface area contributed by atoms with Crippen LogP contribution < -0.4 is 0 Å². The van der Waals surface area contributed by atoms with E-state index in [0.29, 0.717) is 0 Å². The van der Waals surface area contributed by atoms with Gasteiger partial charge in [-0.15, -0.1) is 0 Å². The molecule has 0 heterocycles. The van der Waals surface area contributed by atoms with E-state index in [-0.39, 0.29) is 0 Å². The number of rotatable bonds is 4. The zero-order chi connectivity index (χ0) is 7.28. The lowest BCUT2D eigenvalue weighted by atomic mass is 10.3. The molecule has 0 N–H and O–H groups in total. The van der Waals surface area contributed by atoms with Gasteiger partial charge in [0.25, 0.3) is 0 Å². The maximum absolute atomic E-state index is 2.66. The number of unbranched alkanes of at least 4 members (excludes halogenated alkanes) is 1. The standard InChI is InChI=1S/C6H19NSi2/c1-4-5-6-7(8)9(2)3/h9H,4-6H2,1-3,8H3. The molecule has 0 spiro atoms. The highest BCUT2D eigenvalue weighted by atomic mass is 28.3. The van der Waals surface area contributed by atoms with E-state index in [2.05, 4.69) is 24.2 Å². The van der Waals surface area contributed by atoms with Crippen molar-refractivity contribution >= 4 is 19.4 Å². The summed E-state index contributed by atoms with van der Waals surface area (Å²) in [6.45, 7) is 8.44. The molecule has 0 unspecified atom stereocenters. The molecule has 0 aromatic carbocycles. The predicted molar refractivity (Wildman–Crippen MR) is 50.4 cm³/mol. The molecule has 0 aliphatic rings. The van der Waals surface area contributed by atoms with E-state index >= 15 is 0 Å². The molecule has 9 heavy (non-hydrogen) atoms. The van der Waals surface area contributed by atoms with E-state index in [9.17, 15) is 0 Å². The van der Waals surface area contributed by atoms with Crippen molar-refractivity contribution in [3.63, 3.8) is 0 Å². The van der Waals surface area contributed by atoms with E-state index in [0.717, 1.165) is 0 Å². The fourth-order valence-electron chi connectivity index (χ4n) is 0.666. The van der Waals surface area contributed by atoms with Crippen LogP contribution in [0.3, 0.4) is 0 Å². The van der Waals surface area contributed by atoms with Gasteiger partial charge in [0, 0.05) is 0 Å². The highest BCUT2D eigenvalue weighted by Gasteiger charge is 2.01. The van der Waals surface area contributed by atoms with Gasteiger partial charge in [0.1, 0.15) is 0 Å². The van der Waals surface area contributed by atoms with E-state index in [4.69, 9.17) is 0 Å². The van der Waals surface area contributed by atoms with Crippen molar-refractivity contribution in [1.29, 1.82) is 0 Å². The molecule has 0 aromatic heterocycles. The van der Waals surface area contributed by atoms with Crippen LogP contribution in [0, 0.1) is 0 Å². The van der Waals surface area contributed by atoms with Crippen LogP contribution in [0.2, 0.25) is 13.1 Å². The molecule has 0 amide bonds. The number of hydrogen-bond acceptors (Lipinski definition) is 1. The Bertz CT molecular complexity index is 66.1. The van der Waals surface area contributed by atoms with Gasteiger partial charge in [-0.05, 0) is 13.0 Å². The second kappa shape index (κ2) is 5.20. The highest BCUT2D eigenvalue weighted by Crippen LogP contribution is 1.93. The van der Waals surface area contributed by atoms with Gasteiger partial charge in [-0.3, -0.25) is 0 Å². The Balaban J connectivity index is 3.16. The predicted octanol–water partition coefficient (Wildman–Crippen LogP) is 0.352. The zero-order valence-electron chi connectivity index (χ0n) is 7.15. The average molecular weight is 161 g/mol. The van der Waals surface area contributed by atoms with Gasteiger partial charge in [-0.25, -0.2) is 0 Å². The first-order valence-corrected chi connectivity index (χ1v) is 7.60. The third-order valence-electron chi connectivity index (χ3n) is 1.75. The monoisotopic (exact) mass is 161 g/mol. The topological polar surface area (TPSA) is 3.24 Å². The first kappa shape index (κ1) is 9.39. The third kappa shape index (κ3) is 4.87.